The van der Waals surface area contributed by atoms with Crippen molar-refractivity contribution in [3.05, 3.63) is 30.1 Å². The number of urea groups is 1. The molecule has 138 valence electrons. The van der Waals surface area contributed by atoms with E-state index in [0.717, 1.165) is 6.07 Å². The molecule has 1 unspecified atom stereocenters. The molecule has 3 amide bonds. The van der Waals surface area contributed by atoms with Crippen LogP contribution in [0.5, 0.6) is 0 Å². The third-order valence-corrected chi connectivity index (χ3v) is 6.05. The van der Waals surface area contributed by atoms with Crippen LogP contribution in [0.15, 0.2) is 29.2 Å². The SMILES string of the molecule is CNC(=O)NC(=O)C(C)N1CCN(S(=O)(=O)c2ccccc2F)CC1. The van der Waals surface area contributed by atoms with Gasteiger partial charge in [-0.1, -0.05) is 12.1 Å². The number of amides is 3. The van der Waals surface area contributed by atoms with Gasteiger partial charge in [-0.2, -0.15) is 4.31 Å². The minimum atomic E-state index is -3.92. The summed E-state index contributed by atoms with van der Waals surface area (Å²) in [5.74, 6) is -1.26. The summed E-state index contributed by atoms with van der Waals surface area (Å²) in [6, 6.07) is 4.05. The molecule has 1 aromatic carbocycles. The van der Waals surface area contributed by atoms with E-state index in [1.807, 2.05) is 0 Å². The number of hydrogen-bond donors (Lipinski definition) is 2. The normalized spacial score (nSPS) is 17.7. The predicted octanol–water partition coefficient (Wildman–Crippen LogP) is -0.0239. The van der Waals surface area contributed by atoms with E-state index in [9.17, 15) is 22.4 Å². The predicted molar refractivity (Wildman–Crippen MR) is 88.8 cm³/mol. The van der Waals surface area contributed by atoms with E-state index in [-0.39, 0.29) is 18.0 Å². The number of rotatable bonds is 4. The number of imide groups is 1. The molecule has 1 fully saturated rings. The van der Waals surface area contributed by atoms with Gasteiger partial charge >= 0.3 is 6.03 Å². The van der Waals surface area contributed by atoms with Gasteiger partial charge in [-0.3, -0.25) is 15.0 Å². The van der Waals surface area contributed by atoms with Crippen molar-refractivity contribution in [3.8, 4) is 0 Å². The van der Waals surface area contributed by atoms with Crippen LogP contribution in [-0.4, -0.2) is 68.8 Å². The molecule has 8 nitrogen and oxygen atoms in total. The number of hydrogen-bond acceptors (Lipinski definition) is 5. The molecule has 0 bridgehead atoms. The van der Waals surface area contributed by atoms with Crippen molar-refractivity contribution in [1.29, 1.82) is 0 Å². The highest BCUT2D eigenvalue weighted by Crippen LogP contribution is 2.20. The largest absolute Gasteiger partial charge is 0.341 e. The minimum Gasteiger partial charge on any atom is -0.341 e. The Morgan fingerprint density at radius 2 is 1.76 bits per heavy atom. The third-order valence-electron chi connectivity index (χ3n) is 4.12. The number of halogens is 1. The summed E-state index contributed by atoms with van der Waals surface area (Å²) in [4.78, 5) is 24.6. The van der Waals surface area contributed by atoms with Gasteiger partial charge in [0.15, 0.2) is 0 Å². The van der Waals surface area contributed by atoms with Crippen molar-refractivity contribution in [2.75, 3.05) is 33.2 Å². The highest BCUT2D eigenvalue weighted by molar-refractivity contribution is 7.89. The maximum Gasteiger partial charge on any atom is 0.321 e. The fraction of sp³-hybridized carbons (Fsp3) is 0.467. The molecule has 1 aromatic rings. The van der Waals surface area contributed by atoms with Crippen LogP contribution >= 0.6 is 0 Å². The molecule has 0 spiro atoms. The van der Waals surface area contributed by atoms with Gasteiger partial charge in [0.25, 0.3) is 0 Å². The van der Waals surface area contributed by atoms with E-state index in [1.54, 1.807) is 11.8 Å². The molecule has 0 aromatic heterocycles. The van der Waals surface area contributed by atoms with Gasteiger partial charge in [-0.05, 0) is 19.1 Å². The Morgan fingerprint density at radius 3 is 2.32 bits per heavy atom. The molecule has 1 aliphatic heterocycles. The van der Waals surface area contributed by atoms with E-state index in [4.69, 9.17) is 0 Å². The van der Waals surface area contributed by atoms with Crippen LogP contribution in [0.25, 0.3) is 0 Å². The molecule has 0 radical (unpaired) electrons. The lowest BCUT2D eigenvalue weighted by molar-refractivity contribution is -0.125. The lowest BCUT2D eigenvalue weighted by Crippen LogP contribution is -2.56. The van der Waals surface area contributed by atoms with Crippen molar-refractivity contribution < 1.29 is 22.4 Å². The summed E-state index contributed by atoms with van der Waals surface area (Å²) >= 11 is 0. The molecular formula is C15H21FN4O4S. The Labute approximate surface area is 146 Å². The van der Waals surface area contributed by atoms with Crippen LogP contribution in [-0.2, 0) is 14.8 Å². The van der Waals surface area contributed by atoms with Crippen LogP contribution in [0.3, 0.4) is 0 Å². The second-order valence-electron chi connectivity index (χ2n) is 5.61. The maximum absolute atomic E-state index is 13.8. The van der Waals surface area contributed by atoms with Gasteiger partial charge in [-0.25, -0.2) is 17.6 Å². The van der Waals surface area contributed by atoms with Crippen molar-refractivity contribution in [1.82, 2.24) is 19.8 Å². The van der Waals surface area contributed by atoms with E-state index in [1.165, 1.54) is 29.6 Å². The van der Waals surface area contributed by atoms with Gasteiger partial charge in [0.05, 0.1) is 6.04 Å². The first kappa shape index (κ1) is 19.3. The second kappa shape index (κ2) is 7.89. The zero-order valence-electron chi connectivity index (χ0n) is 14.0. The fourth-order valence-corrected chi connectivity index (χ4v) is 4.06. The van der Waals surface area contributed by atoms with Gasteiger partial charge < -0.3 is 5.32 Å². The molecule has 1 saturated heterocycles. The molecule has 1 heterocycles. The standard InChI is InChI=1S/C15H21FN4O4S/c1-11(14(21)18-15(22)17-2)19-7-9-20(10-8-19)25(23,24)13-6-4-3-5-12(13)16/h3-6,11H,7-10H2,1-2H3,(H2,17,18,21,22). The van der Waals surface area contributed by atoms with Crippen molar-refractivity contribution in [3.63, 3.8) is 0 Å². The third kappa shape index (κ3) is 4.33. The number of carbonyl (C=O) groups excluding carboxylic acids is 2. The zero-order chi connectivity index (χ0) is 18.6. The molecule has 0 aliphatic carbocycles. The number of carbonyl (C=O) groups is 2. The number of benzene rings is 1. The Balaban J connectivity index is 2.01. The van der Waals surface area contributed by atoms with E-state index in [0.29, 0.717) is 13.1 Å². The molecule has 2 rings (SSSR count). The summed E-state index contributed by atoms with van der Waals surface area (Å²) in [6.45, 7) is 2.51. The number of nitrogens with zero attached hydrogens (tertiary/aromatic N) is 2. The van der Waals surface area contributed by atoms with Gasteiger partial charge in [-0.15, -0.1) is 0 Å². The quantitative estimate of drug-likeness (QED) is 0.774. The summed E-state index contributed by atoms with van der Waals surface area (Å²) < 4.78 is 40.1. The Morgan fingerprint density at radius 1 is 1.16 bits per heavy atom. The molecule has 0 saturated carbocycles. The van der Waals surface area contributed by atoms with E-state index < -0.39 is 33.8 Å². The Kier molecular flexibility index (Phi) is 6.09. The topological polar surface area (TPSA) is 98.8 Å². The molecule has 1 atom stereocenters. The van der Waals surface area contributed by atoms with E-state index in [2.05, 4.69) is 10.6 Å². The number of piperazine rings is 1. The smallest absolute Gasteiger partial charge is 0.321 e. The van der Waals surface area contributed by atoms with Crippen LogP contribution in [0, 0.1) is 5.82 Å². The average molecular weight is 372 g/mol. The van der Waals surface area contributed by atoms with Crippen molar-refractivity contribution in [2.24, 2.45) is 0 Å². The van der Waals surface area contributed by atoms with Crippen LogP contribution < -0.4 is 10.6 Å². The van der Waals surface area contributed by atoms with Crippen LogP contribution in [0.1, 0.15) is 6.92 Å². The minimum absolute atomic E-state index is 0.133. The van der Waals surface area contributed by atoms with E-state index >= 15 is 0 Å². The van der Waals surface area contributed by atoms with Crippen molar-refractivity contribution >= 4 is 22.0 Å². The van der Waals surface area contributed by atoms with Gasteiger partial charge in [0, 0.05) is 33.2 Å². The molecule has 2 N–H and O–H groups in total. The fourth-order valence-electron chi connectivity index (χ4n) is 2.57. The Hall–Kier alpha value is -2.04. The lowest BCUT2D eigenvalue weighted by Gasteiger charge is -2.36. The monoisotopic (exact) mass is 372 g/mol. The first-order valence-corrected chi connectivity index (χ1v) is 9.22. The highest BCUT2D eigenvalue weighted by atomic mass is 32.2. The van der Waals surface area contributed by atoms with Crippen LogP contribution in [0.4, 0.5) is 9.18 Å². The molecule has 1 aliphatic rings. The molecule has 25 heavy (non-hydrogen) atoms. The first-order chi connectivity index (χ1) is 11.8. The molecular weight excluding hydrogens is 351 g/mol. The molecule has 10 heteroatoms. The summed E-state index contributed by atoms with van der Waals surface area (Å²) in [7, 11) is -2.52. The Bertz CT molecular complexity index is 748. The summed E-state index contributed by atoms with van der Waals surface area (Å²) in [5.41, 5.74) is 0. The summed E-state index contributed by atoms with van der Waals surface area (Å²) in [6.07, 6.45) is 0. The summed E-state index contributed by atoms with van der Waals surface area (Å²) in [5, 5.41) is 4.48. The zero-order valence-corrected chi connectivity index (χ0v) is 14.8. The highest BCUT2D eigenvalue weighted by Gasteiger charge is 2.33. The van der Waals surface area contributed by atoms with Gasteiger partial charge in [0.1, 0.15) is 10.7 Å². The van der Waals surface area contributed by atoms with Crippen LogP contribution in [0.2, 0.25) is 0 Å². The average Bonchev–Trinajstić information content (AvgIpc) is 2.61. The number of sulfonamides is 1. The number of nitrogens with one attached hydrogen (secondary N) is 2. The maximum atomic E-state index is 13.8. The first-order valence-electron chi connectivity index (χ1n) is 7.78. The second-order valence-corrected chi connectivity index (χ2v) is 7.52. The van der Waals surface area contributed by atoms with Gasteiger partial charge in [0.2, 0.25) is 15.9 Å². The lowest BCUT2D eigenvalue weighted by atomic mass is 10.2. The van der Waals surface area contributed by atoms with Crippen molar-refractivity contribution in [2.45, 2.75) is 17.9 Å².